The summed E-state index contributed by atoms with van der Waals surface area (Å²) in [6.07, 6.45) is 6.45. The number of nitrogen functional groups attached to an aromatic ring is 1. The average molecular weight is 566 g/mol. The molecule has 1 aromatic carbocycles. The van der Waals surface area contributed by atoms with Gasteiger partial charge in [0.1, 0.15) is 5.82 Å². The molecule has 12 nitrogen and oxygen atoms in total. The van der Waals surface area contributed by atoms with Crippen molar-refractivity contribution in [3.63, 3.8) is 0 Å². The summed E-state index contributed by atoms with van der Waals surface area (Å²) in [5.41, 5.74) is 10.9. The van der Waals surface area contributed by atoms with E-state index in [4.69, 9.17) is 20.4 Å². The van der Waals surface area contributed by atoms with Crippen LogP contribution in [0.5, 0.6) is 0 Å². The lowest BCUT2D eigenvalue weighted by Crippen LogP contribution is -2.48. The molecule has 0 unspecified atom stereocenters. The zero-order valence-electron chi connectivity index (χ0n) is 22.7. The molecule has 0 radical (unpaired) electrons. The molecular formula is C27H35N9O3S. The number of ether oxygens (including phenoxy) is 1. The molecule has 40 heavy (non-hydrogen) atoms. The van der Waals surface area contributed by atoms with Crippen molar-refractivity contribution in [3.8, 4) is 11.3 Å². The van der Waals surface area contributed by atoms with E-state index in [0.29, 0.717) is 32.3 Å². The van der Waals surface area contributed by atoms with E-state index in [1.165, 1.54) is 11.8 Å². The van der Waals surface area contributed by atoms with E-state index in [2.05, 4.69) is 48.9 Å². The standard InChI is InChI=1S/C27H35N9O3S/c1-40(37,38)35-11-9-33(10-12-35)7-5-20-3-2-4-22(17-20)36-8-6-23-24(21-18-29-26(28)30-19-21)31-27(32-25(23)36)34-13-15-39-16-14-34/h2-4,17-19H,5-16H2,1H3,(H2,28,29,30). The van der Waals surface area contributed by atoms with Crippen molar-refractivity contribution in [2.45, 2.75) is 12.8 Å². The summed E-state index contributed by atoms with van der Waals surface area (Å²) in [7, 11) is -3.12. The molecule has 2 fully saturated rings. The maximum Gasteiger partial charge on any atom is 0.228 e. The molecule has 0 saturated carbocycles. The van der Waals surface area contributed by atoms with Crippen molar-refractivity contribution < 1.29 is 13.2 Å². The Bertz CT molecular complexity index is 1450. The molecule has 2 saturated heterocycles. The number of anilines is 4. The third-order valence-corrected chi connectivity index (χ3v) is 9.10. The van der Waals surface area contributed by atoms with E-state index in [1.807, 2.05) is 0 Å². The number of aromatic nitrogens is 4. The van der Waals surface area contributed by atoms with E-state index in [9.17, 15) is 8.42 Å². The van der Waals surface area contributed by atoms with Crippen LogP contribution in [0.1, 0.15) is 11.1 Å². The van der Waals surface area contributed by atoms with E-state index >= 15 is 0 Å². The number of piperazine rings is 1. The number of hydrogen-bond donors (Lipinski definition) is 1. The quantitative estimate of drug-likeness (QED) is 0.442. The van der Waals surface area contributed by atoms with Gasteiger partial charge in [-0.2, -0.15) is 9.29 Å². The van der Waals surface area contributed by atoms with Crippen molar-refractivity contribution >= 4 is 33.4 Å². The predicted molar refractivity (Wildman–Crippen MR) is 154 cm³/mol. The van der Waals surface area contributed by atoms with Crippen molar-refractivity contribution in [1.82, 2.24) is 29.1 Å². The van der Waals surface area contributed by atoms with Crippen LogP contribution in [0.25, 0.3) is 11.3 Å². The van der Waals surface area contributed by atoms with Crippen LogP contribution < -0.4 is 15.5 Å². The summed E-state index contributed by atoms with van der Waals surface area (Å²) in [4.78, 5) is 25.3. The number of hydrogen-bond acceptors (Lipinski definition) is 11. The molecule has 6 rings (SSSR count). The Morgan fingerprint density at radius 2 is 1.73 bits per heavy atom. The Morgan fingerprint density at radius 3 is 2.45 bits per heavy atom. The van der Waals surface area contributed by atoms with Crippen molar-refractivity contribution in [1.29, 1.82) is 0 Å². The number of fused-ring (bicyclic) bond motifs is 1. The van der Waals surface area contributed by atoms with E-state index in [-0.39, 0.29) is 5.95 Å². The first kappa shape index (κ1) is 26.8. The van der Waals surface area contributed by atoms with Gasteiger partial charge in [-0.3, -0.25) is 0 Å². The normalized spacial score (nSPS) is 18.7. The maximum atomic E-state index is 11.8. The van der Waals surface area contributed by atoms with Gasteiger partial charge in [0.05, 0.1) is 25.2 Å². The van der Waals surface area contributed by atoms with E-state index in [0.717, 1.165) is 80.4 Å². The highest BCUT2D eigenvalue weighted by Gasteiger charge is 2.30. The highest BCUT2D eigenvalue weighted by Crippen LogP contribution is 2.39. The van der Waals surface area contributed by atoms with Crippen molar-refractivity contribution in [2.24, 2.45) is 0 Å². The second-order valence-corrected chi connectivity index (χ2v) is 12.4. The molecule has 13 heteroatoms. The summed E-state index contributed by atoms with van der Waals surface area (Å²) >= 11 is 0. The van der Waals surface area contributed by atoms with Gasteiger partial charge in [0, 0.05) is 81.6 Å². The number of nitrogens with zero attached hydrogens (tertiary/aromatic N) is 8. The molecule has 0 atom stereocenters. The van der Waals surface area contributed by atoms with Crippen molar-refractivity contribution in [2.75, 3.05) is 87.4 Å². The molecule has 2 N–H and O–H groups in total. The third kappa shape index (κ3) is 5.73. The monoisotopic (exact) mass is 565 g/mol. The zero-order valence-corrected chi connectivity index (χ0v) is 23.6. The molecule has 0 aliphatic carbocycles. The largest absolute Gasteiger partial charge is 0.378 e. The highest BCUT2D eigenvalue weighted by molar-refractivity contribution is 7.88. The van der Waals surface area contributed by atoms with Crippen LogP contribution in [-0.4, -0.2) is 109 Å². The van der Waals surface area contributed by atoms with Crippen molar-refractivity contribution in [3.05, 3.63) is 47.8 Å². The summed E-state index contributed by atoms with van der Waals surface area (Å²) < 4.78 is 30.8. The third-order valence-electron chi connectivity index (χ3n) is 7.79. The molecule has 5 heterocycles. The van der Waals surface area contributed by atoms with Gasteiger partial charge in [0.15, 0.2) is 0 Å². The lowest BCUT2D eigenvalue weighted by atomic mass is 10.1. The van der Waals surface area contributed by atoms with Crippen LogP contribution >= 0.6 is 0 Å². The fourth-order valence-corrected chi connectivity index (χ4v) is 6.38. The van der Waals surface area contributed by atoms with Gasteiger partial charge in [-0.05, 0) is 30.5 Å². The Balaban J connectivity index is 1.24. The number of rotatable bonds is 7. The fraction of sp³-hybridized carbons (Fsp3) is 0.481. The molecular weight excluding hydrogens is 530 g/mol. The van der Waals surface area contributed by atoms with Crippen LogP contribution in [0.3, 0.4) is 0 Å². The molecule has 212 valence electrons. The predicted octanol–water partition coefficient (Wildman–Crippen LogP) is 1.17. The fourth-order valence-electron chi connectivity index (χ4n) is 5.55. The van der Waals surface area contributed by atoms with Gasteiger partial charge in [0.2, 0.25) is 21.9 Å². The highest BCUT2D eigenvalue weighted by atomic mass is 32.2. The minimum atomic E-state index is -3.12. The zero-order chi connectivity index (χ0) is 27.7. The Hall–Kier alpha value is -3.39. The van der Waals surface area contributed by atoms with Gasteiger partial charge in [-0.25, -0.2) is 23.4 Å². The lowest BCUT2D eigenvalue weighted by Gasteiger charge is -2.33. The molecule has 0 bridgehead atoms. The molecule has 3 aliphatic heterocycles. The summed E-state index contributed by atoms with van der Waals surface area (Å²) in [5.74, 6) is 1.83. The Labute approximate surface area is 234 Å². The van der Waals surface area contributed by atoms with Crippen LogP contribution in [0.15, 0.2) is 36.7 Å². The Kier molecular flexibility index (Phi) is 7.53. The maximum absolute atomic E-state index is 11.8. The number of benzene rings is 1. The average Bonchev–Trinajstić information content (AvgIpc) is 3.41. The van der Waals surface area contributed by atoms with Crippen LogP contribution in [0.4, 0.5) is 23.4 Å². The Morgan fingerprint density at radius 1 is 0.975 bits per heavy atom. The van der Waals surface area contributed by atoms with Crippen LogP contribution in [0, 0.1) is 0 Å². The van der Waals surface area contributed by atoms with E-state index in [1.54, 1.807) is 16.7 Å². The summed E-state index contributed by atoms with van der Waals surface area (Å²) in [6, 6.07) is 8.63. The SMILES string of the molecule is CS(=O)(=O)N1CCN(CCc2cccc(N3CCc4c(-c5cnc(N)nc5)nc(N5CCOCC5)nc43)c2)CC1. The lowest BCUT2D eigenvalue weighted by molar-refractivity contribution is 0.122. The second-order valence-electron chi connectivity index (χ2n) is 10.4. The van der Waals surface area contributed by atoms with Gasteiger partial charge < -0.3 is 25.2 Å². The van der Waals surface area contributed by atoms with Gasteiger partial charge >= 0.3 is 0 Å². The summed E-state index contributed by atoms with van der Waals surface area (Å²) in [5, 5.41) is 0. The van der Waals surface area contributed by atoms with E-state index < -0.39 is 10.0 Å². The molecule has 0 spiro atoms. The van der Waals surface area contributed by atoms with Crippen LogP contribution in [-0.2, 0) is 27.6 Å². The second kappa shape index (κ2) is 11.2. The first-order valence-electron chi connectivity index (χ1n) is 13.7. The minimum absolute atomic E-state index is 0.235. The minimum Gasteiger partial charge on any atom is -0.378 e. The smallest absolute Gasteiger partial charge is 0.228 e. The molecule has 3 aromatic rings. The molecule has 0 amide bonds. The van der Waals surface area contributed by atoms with Gasteiger partial charge in [-0.15, -0.1) is 0 Å². The summed E-state index contributed by atoms with van der Waals surface area (Å²) in [6.45, 7) is 7.08. The number of nitrogens with two attached hydrogens (primary N) is 1. The first-order chi connectivity index (χ1) is 19.3. The first-order valence-corrected chi connectivity index (χ1v) is 15.6. The number of morpholine rings is 1. The molecule has 3 aliphatic rings. The number of sulfonamides is 1. The van der Waals surface area contributed by atoms with Crippen LogP contribution in [0.2, 0.25) is 0 Å². The van der Waals surface area contributed by atoms with Gasteiger partial charge in [-0.1, -0.05) is 12.1 Å². The molecule has 2 aromatic heterocycles. The van der Waals surface area contributed by atoms with Gasteiger partial charge in [0.25, 0.3) is 0 Å². The topological polar surface area (TPSA) is 134 Å².